The standard InChI is InChI=1S/C20H20ClF3N2O.ClH/c21-17-14(9-6-10-15(17)20(22,23)24)19(27)26-18(13-7-2-1-3-8-13)16-11-4-5-12-25-16;/h1-3,6-10,16,18,25H,4-5,11-12H2,(H,26,27);1H/t16?,18-;/m0./s1. The highest BCUT2D eigenvalue weighted by atomic mass is 35.5. The summed E-state index contributed by atoms with van der Waals surface area (Å²) in [6.45, 7) is 0.841. The number of amides is 1. The summed E-state index contributed by atoms with van der Waals surface area (Å²) in [5, 5.41) is 5.70. The number of piperidine rings is 1. The molecule has 1 amide bonds. The first-order chi connectivity index (χ1) is 12.9. The van der Waals surface area contributed by atoms with Crippen LogP contribution in [0.25, 0.3) is 0 Å². The van der Waals surface area contributed by atoms with Crippen LogP contribution < -0.4 is 10.6 Å². The number of carbonyl (C=O) groups excluding carboxylic acids is 1. The summed E-state index contributed by atoms with van der Waals surface area (Å²) in [7, 11) is 0. The third-order valence-electron chi connectivity index (χ3n) is 4.74. The Morgan fingerprint density at radius 2 is 1.82 bits per heavy atom. The van der Waals surface area contributed by atoms with E-state index < -0.39 is 22.7 Å². The van der Waals surface area contributed by atoms with Gasteiger partial charge in [-0.15, -0.1) is 12.4 Å². The minimum absolute atomic E-state index is 0. The second-order valence-corrected chi connectivity index (χ2v) is 6.96. The van der Waals surface area contributed by atoms with E-state index in [1.807, 2.05) is 30.3 Å². The molecular formula is C20H21Cl2F3N2O. The van der Waals surface area contributed by atoms with Crippen LogP contribution in [0, 0.1) is 0 Å². The van der Waals surface area contributed by atoms with Gasteiger partial charge in [0.25, 0.3) is 5.91 Å². The zero-order chi connectivity index (χ0) is 19.4. The van der Waals surface area contributed by atoms with E-state index in [2.05, 4.69) is 10.6 Å². The van der Waals surface area contributed by atoms with Crippen LogP contribution in [0.3, 0.4) is 0 Å². The lowest BCUT2D eigenvalue weighted by Gasteiger charge is -2.32. The van der Waals surface area contributed by atoms with Crippen LogP contribution in [-0.2, 0) is 6.18 Å². The van der Waals surface area contributed by atoms with Gasteiger partial charge in [0.1, 0.15) is 0 Å². The molecule has 1 aliphatic heterocycles. The second kappa shape index (κ2) is 9.63. The summed E-state index contributed by atoms with van der Waals surface area (Å²) in [4.78, 5) is 12.8. The Morgan fingerprint density at radius 3 is 2.43 bits per heavy atom. The average Bonchev–Trinajstić information content (AvgIpc) is 2.66. The van der Waals surface area contributed by atoms with E-state index >= 15 is 0 Å². The number of hydrogen-bond acceptors (Lipinski definition) is 2. The van der Waals surface area contributed by atoms with Crippen LogP contribution >= 0.6 is 24.0 Å². The molecule has 8 heteroatoms. The molecule has 0 aromatic heterocycles. The lowest BCUT2D eigenvalue weighted by atomic mass is 9.92. The molecular weight excluding hydrogens is 412 g/mol. The van der Waals surface area contributed by atoms with E-state index in [0.717, 1.165) is 37.4 Å². The van der Waals surface area contributed by atoms with Crippen molar-refractivity contribution >= 4 is 29.9 Å². The van der Waals surface area contributed by atoms with Crippen LogP contribution in [0.5, 0.6) is 0 Å². The van der Waals surface area contributed by atoms with Crippen molar-refractivity contribution in [1.29, 1.82) is 0 Å². The van der Waals surface area contributed by atoms with Crippen molar-refractivity contribution in [3.05, 3.63) is 70.2 Å². The third-order valence-corrected chi connectivity index (χ3v) is 5.15. The van der Waals surface area contributed by atoms with Crippen molar-refractivity contribution in [3.8, 4) is 0 Å². The monoisotopic (exact) mass is 432 g/mol. The zero-order valence-corrected chi connectivity index (χ0v) is 16.5. The number of halogens is 5. The highest BCUT2D eigenvalue weighted by molar-refractivity contribution is 6.34. The highest BCUT2D eigenvalue weighted by Gasteiger charge is 2.35. The summed E-state index contributed by atoms with van der Waals surface area (Å²) < 4.78 is 39.3. The van der Waals surface area contributed by atoms with Crippen molar-refractivity contribution in [3.63, 3.8) is 0 Å². The fourth-order valence-corrected chi connectivity index (χ4v) is 3.70. The number of nitrogens with one attached hydrogen (secondary N) is 2. The van der Waals surface area contributed by atoms with E-state index in [1.54, 1.807) is 0 Å². The van der Waals surface area contributed by atoms with Crippen LogP contribution in [0.15, 0.2) is 48.5 Å². The van der Waals surface area contributed by atoms with Crippen LogP contribution in [0.4, 0.5) is 13.2 Å². The normalized spacial score (nSPS) is 18.1. The van der Waals surface area contributed by atoms with Crippen molar-refractivity contribution in [2.24, 2.45) is 0 Å². The first-order valence-electron chi connectivity index (χ1n) is 8.83. The maximum atomic E-state index is 13.1. The maximum Gasteiger partial charge on any atom is 0.417 e. The smallest absolute Gasteiger partial charge is 0.344 e. The Hall–Kier alpha value is -1.76. The summed E-state index contributed by atoms with van der Waals surface area (Å²) >= 11 is 5.91. The van der Waals surface area contributed by atoms with Crippen LogP contribution in [-0.4, -0.2) is 18.5 Å². The molecule has 0 aliphatic carbocycles. The first-order valence-corrected chi connectivity index (χ1v) is 9.20. The van der Waals surface area contributed by atoms with Gasteiger partial charge in [0.05, 0.1) is 22.2 Å². The van der Waals surface area contributed by atoms with Gasteiger partial charge in [0, 0.05) is 6.04 Å². The van der Waals surface area contributed by atoms with Gasteiger partial charge in [-0.25, -0.2) is 0 Å². The fourth-order valence-electron chi connectivity index (χ4n) is 3.39. The Bertz CT molecular complexity index is 794. The quantitative estimate of drug-likeness (QED) is 0.679. The van der Waals surface area contributed by atoms with Crippen LogP contribution in [0.1, 0.15) is 46.8 Å². The molecule has 3 rings (SSSR count). The largest absolute Gasteiger partial charge is 0.417 e. The van der Waals surface area contributed by atoms with E-state index in [4.69, 9.17) is 11.6 Å². The van der Waals surface area contributed by atoms with E-state index in [9.17, 15) is 18.0 Å². The molecule has 1 fully saturated rings. The topological polar surface area (TPSA) is 41.1 Å². The molecule has 2 aromatic carbocycles. The molecule has 0 saturated carbocycles. The van der Waals surface area contributed by atoms with Crippen molar-refractivity contribution in [2.45, 2.75) is 37.5 Å². The number of carbonyl (C=O) groups is 1. The van der Waals surface area contributed by atoms with Crippen molar-refractivity contribution in [1.82, 2.24) is 10.6 Å². The number of hydrogen-bond donors (Lipinski definition) is 2. The minimum atomic E-state index is -4.61. The van der Waals surface area contributed by atoms with Gasteiger partial charge in [-0.2, -0.15) is 13.2 Å². The van der Waals surface area contributed by atoms with E-state index in [-0.39, 0.29) is 30.1 Å². The Morgan fingerprint density at radius 1 is 1.11 bits per heavy atom. The lowest BCUT2D eigenvalue weighted by molar-refractivity contribution is -0.137. The number of alkyl halides is 3. The van der Waals surface area contributed by atoms with E-state index in [1.165, 1.54) is 12.1 Å². The summed E-state index contributed by atoms with van der Waals surface area (Å²) in [5.74, 6) is -0.618. The molecule has 1 aliphatic rings. The molecule has 0 radical (unpaired) electrons. The van der Waals surface area contributed by atoms with E-state index in [0.29, 0.717) is 0 Å². The number of benzene rings is 2. The van der Waals surface area contributed by atoms with Gasteiger partial charge in [-0.1, -0.05) is 54.4 Å². The highest BCUT2D eigenvalue weighted by Crippen LogP contribution is 2.36. The zero-order valence-electron chi connectivity index (χ0n) is 14.9. The minimum Gasteiger partial charge on any atom is -0.344 e. The molecule has 152 valence electrons. The summed E-state index contributed by atoms with van der Waals surface area (Å²) in [5.41, 5.74) is -0.291. The third kappa shape index (κ3) is 5.19. The molecule has 2 N–H and O–H groups in total. The molecule has 1 saturated heterocycles. The van der Waals surface area contributed by atoms with Crippen molar-refractivity contribution < 1.29 is 18.0 Å². The molecule has 3 nitrogen and oxygen atoms in total. The van der Waals surface area contributed by atoms with Crippen molar-refractivity contribution in [2.75, 3.05) is 6.54 Å². The number of rotatable bonds is 4. The Labute approximate surface area is 173 Å². The molecule has 2 aromatic rings. The first kappa shape index (κ1) is 22.5. The van der Waals surface area contributed by atoms with Gasteiger partial charge < -0.3 is 10.6 Å². The molecule has 2 atom stereocenters. The Kier molecular flexibility index (Phi) is 7.75. The lowest BCUT2D eigenvalue weighted by Crippen LogP contribution is -2.46. The van der Waals surface area contributed by atoms with Gasteiger partial charge in [-0.05, 0) is 37.1 Å². The summed E-state index contributed by atoms with van der Waals surface area (Å²) in [6.07, 6.45) is -1.65. The second-order valence-electron chi connectivity index (χ2n) is 6.58. The SMILES string of the molecule is Cl.O=C(N[C@@H](c1ccccc1)C1CCCCN1)c1cccc(C(F)(F)F)c1Cl. The molecule has 1 heterocycles. The molecule has 0 bridgehead atoms. The van der Waals surface area contributed by atoms with Gasteiger partial charge in [0.15, 0.2) is 0 Å². The average molecular weight is 433 g/mol. The van der Waals surface area contributed by atoms with Gasteiger partial charge >= 0.3 is 6.18 Å². The maximum absolute atomic E-state index is 13.1. The summed E-state index contributed by atoms with van der Waals surface area (Å²) in [6, 6.07) is 12.4. The molecule has 0 spiro atoms. The predicted molar refractivity (Wildman–Crippen MR) is 106 cm³/mol. The predicted octanol–water partition coefficient (Wildman–Crippen LogP) is 5.39. The van der Waals surface area contributed by atoms with Crippen LogP contribution in [0.2, 0.25) is 5.02 Å². The molecule has 28 heavy (non-hydrogen) atoms. The molecule has 1 unspecified atom stereocenters. The van der Waals surface area contributed by atoms with Gasteiger partial charge in [-0.3, -0.25) is 4.79 Å². The van der Waals surface area contributed by atoms with Gasteiger partial charge in [0.2, 0.25) is 0 Å². The fraction of sp³-hybridized carbons (Fsp3) is 0.350. The Balaban J connectivity index is 0.00000280.